The number of nitrogens with one attached hydrogen (secondary N) is 1. The van der Waals surface area contributed by atoms with E-state index in [0.717, 1.165) is 37.9 Å². The average molecular weight is 259 g/mol. The zero-order valence-electron chi connectivity index (χ0n) is 9.96. The molecule has 100 valence electrons. The van der Waals surface area contributed by atoms with Crippen molar-refractivity contribution in [1.29, 1.82) is 0 Å². The van der Waals surface area contributed by atoms with E-state index in [4.69, 9.17) is 4.74 Å². The van der Waals surface area contributed by atoms with Gasteiger partial charge in [-0.2, -0.15) is 13.2 Å². The Labute approximate surface area is 104 Å². The molecule has 0 unspecified atom stereocenters. The molecule has 1 aliphatic rings. The van der Waals surface area contributed by atoms with Crippen molar-refractivity contribution < 1.29 is 17.9 Å². The molecule has 1 N–H and O–H groups in total. The van der Waals surface area contributed by atoms with Crippen LogP contribution in [0, 0.1) is 0 Å². The van der Waals surface area contributed by atoms with Crippen molar-refractivity contribution in [2.45, 2.75) is 31.5 Å². The van der Waals surface area contributed by atoms with Crippen LogP contribution in [-0.4, -0.2) is 19.2 Å². The summed E-state index contributed by atoms with van der Waals surface area (Å²) in [5.41, 5.74) is -0.670. The monoisotopic (exact) mass is 259 g/mol. The SMILES string of the molecule is FC(F)(F)c1cccc(OC[C@@H]2CCCCN2)c1. The number of hydrogen-bond donors (Lipinski definition) is 1. The summed E-state index contributed by atoms with van der Waals surface area (Å²) in [5, 5.41) is 3.29. The van der Waals surface area contributed by atoms with Gasteiger partial charge < -0.3 is 10.1 Å². The number of piperidine rings is 1. The molecule has 0 radical (unpaired) electrons. The quantitative estimate of drug-likeness (QED) is 0.899. The lowest BCUT2D eigenvalue weighted by Gasteiger charge is -2.23. The largest absolute Gasteiger partial charge is 0.492 e. The fourth-order valence-electron chi connectivity index (χ4n) is 2.03. The van der Waals surface area contributed by atoms with Gasteiger partial charge in [0, 0.05) is 6.04 Å². The van der Waals surface area contributed by atoms with Gasteiger partial charge in [-0.1, -0.05) is 12.5 Å². The third kappa shape index (κ3) is 3.63. The molecule has 5 heteroatoms. The topological polar surface area (TPSA) is 21.3 Å². The smallest absolute Gasteiger partial charge is 0.416 e. The summed E-state index contributed by atoms with van der Waals surface area (Å²) >= 11 is 0. The molecule has 0 bridgehead atoms. The van der Waals surface area contributed by atoms with Crippen molar-refractivity contribution in [3.05, 3.63) is 29.8 Å². The molecule has 0 amide bonds. The van der Waals surface area contributed by atoms with Crippen molar-refractivity contribution in [2.75, 3.05) is 13.2 Å². The Morgan fingerprint density at radius 1 is 1.28 bits per heavy atom. The van der Waals surface area contributed by atoms with Crippen molar-refractivity contribution in [3.8, 4) is 5.75 Å². The third-order valence-corrected chi connectivity index (χ3v) is 3.02. The Morgan fingerprint density at radius 2 is 2.11 bits per heavy atom. The second-order valence-electron chi connectivity index (χ2n) is 4.48. The Bertz CT molecular complexity index is 386. The zero-order valence-corrected chi connectivity index (χ0v) is 9.96. The van der Waals surface area contributed by atoms with Crippen LogP contribution < -0.4 is 10.1 Å². The van der Waals surface area contributed by atoms with Gasteiger partial charge in [0.2, 0.25) is 0 Å². The number of hydrogen-bond acceptors (Lipinski definition) is 2. The van der Waals surface area contributed by atoms with Gasteiger partial charge in [-0.25, -0.2) is 0 Å². The molecule has 0 saturated carbocycles. The Morgan fingerprint density at radius 3 is 2.78 bits per heavy atom. The van der Waals surface area contributed by atoms with Crippen LogP contribution in [0.2, 0.25) is 0 Å². The van der Waals surface area contributed by atoms with Gasteiger partial charge in [0.15, 0.2) is 0 Å². The van der Waals surface area contributed by atoms with E-state index in [-0.39, 0.29) is 11.8 Å². The second-order valence-corrected chi connectivity index (χ2v) is 4.48. The lowest BCUT2D eigenvalue weighted by atomic mass is 10.1. The maximum absolute atomic E-state index is 12.5. The van der Waals surface area contributed by atoms with Crippen LogP contribution in [0.1, 0.15) is 24.8 Å². The normalized spacial score (nSPS) is 20.7. The Hall–Kier alpha value is -1.23. The molecule has 1 heterocycles. The summed E-state index contributed by atoms with van der Waals surface area (Å²) in [7, 11) is 0. The molecule has 0 aromatic heterocycles. The summed E-state index contributed by atoms with van der Waals surface area (Å²) in [6, 6.07) is 5.26. The molecular formula is C13H16F3NO. The molecule has 2 nitrogen and oxygen atoms in total. The van der Waals surface area contributed by atoms with Gasteiger partial charge in [-0.3, -0.25) is 0 Å². The van der Waals surface area contributed by atoms with Crippen LogP contribution in [0.5, 0.6) is 5.75 Å². The molecule has 0 aliphatic carbocycles. The maximum atomic E-state index is 12.5. The number of ether oxygens (including phenoxy) is 1. The molecular weight excluding hydrogens is 243 g/mol. The molecule has 0 spiro atoms. The third-order valence-electron chi connectivity index (χ3n) is 3.02. The first-order valence-corrected chi connectivity index (χ1v) is 6.09. The van der Waals surface area contributed by atoms with Crippen LogP contribution >= 0.6 is 0 Å². The summed E-state index contributed by atoms with van der Waals surface area (Å²) in [4.78, 5) is 0. The first-order chi connectivity index (χ1) is 8.55. The molecule has 1 aromatic carbocycles. The summed E-state index contributed by atoms with van der Waals surface area (Å²) < 4.78 is 42.9. The highest BCUT2D eigenvalue weighted by atomic mass is 19.4. The van der Waals surface area contributed by atoms with Crippen molar-refractivity contribution in [3.63, 3.8) is 0 Å². The number of halogens is 3. The van der Waals surface area contributed by atoms with E-state index in [1.54, 1.807) is 6.07 Å². The second kappa shape index (κ2) is 5.61. The summed E-state index contributed by atoms with van der Waals surface area (Å²) in [6.07, 6.45) is -1.01. The van der Waals surface area contributed by atoms with Gasteiger partial charge in [0.25, 0.3) is 0 Å². The number of rotatable bonds is 3. The predicted octanol–water partition coefficient (Wildman–Crippen LogP) is 3.23. The lowest BCUT2D eigenvalue weighted by molar-refractivity contribution is -0.137. The van der Waals surface area contributed by atoms with Gasteiger partial charge in [-0.15, -0.1) is 0 Å². The van der Waals surface area contributed by atoms with Gasteiger partial charge in [0.05, 0.1) is 5.56 Å². The lowest BCUT2D eigenvalue weighted by Crippen LogP contribution is -2.38. The van der Waals surface area contributed by atoms with Crippen molar-refractivity contribution in [1.82, 2.24) is 5.32 Å². The summed E-state index contributed by atoms with van der Waals surface area (Å²) in [6.45, 7) is 1.37. The molecule has 1 saturated heterocycles. The number of alkyl halides is 3. The van der Waals surface area contributed by atoms with E-state index in [0.29, 0.717) is 6.61 Å². The van der Waals surface area contributed by atoms with Crippen LogP contribution in [0.25, 0.3) is 0 Å². The highest BCUT2D eigenvalue weighted by Crippen LogP contribution is 2.31. The van der Waals surface area contributed by atoms with E-state index in [1.807, 2.05) is 0 Å². The molecule has 1 atom stereocenters. The highest BCUT2D eigenvalue weighted by Gasteiger charge is 2.30. The van der Waals surface area contributed by atoms with Gasteiger partial charge in [-0.05, 0) is 37.6 Å². The standard InChI is InChI=1S/C13H16F3NO/c14-13(15,16)10-4-3-6-12(8-10)18-9-11-5-1-2-7-17-11/h3-4,6,8,11,17H,1-2,5,7,9H2/t11-/m0/s1. The molecule has 2 rings (SSSR count). The molecule has 1 aromatic rings. The van der Waals surface area contributed by atoms with E-state index >= 15 is 0 Å². The minimum atomic E-state index is -4.32. The average Bonchev–Trinajstić information content (AvgIpc) is 2.37. The Balaban J connectivity index is 1.92. The van der Waals surface area contributed by atoms with Crippen LogP contribution in [0.4, 0.5) is 13.2 Å². The van der Waals surface area contributed by atoms with E-state index < -0.39 is 11.7 Å². The van der Waals surface area contributed by atoms with Crippen molar-refractivity contribution >= 4 is 0 Å². The zero-order chi connectivity index (χ0) is 13.0. The fourth-order valence-corrected chi connectivity index (χ4v) is 2.03. The van der Waals surface area contributed by atoms with Crippen LogP contribution in [-0.2, 0) is 6.18 Å². The number of benzene rings is 1. The van der Waals surface area contributed by atoms with Gasteiger partial charge in [0.1, 0.15) is 12.4 Å². The summed E-state index contributed by atoms with van der Waals surface area (Å²) in [5.74, 6) is 0.275. The van der Waals surface area contributed by atoms with Crippen LogP contribution in [0.3, 0.4) is 0 Å². The highest BCUT2D eigenvalue weighted by molar-refractivity contribution is 5.30. The molecule has 18 heavy (non-hydrogen) atoms. The first-order valence-electron chi connectivity index (χ1n) is 6.09. The Kier molecular flexibility index (Phi) is 4.11. The van der Waals surface area contributed by atoms with E-state index in [1.165, 1.54) is 6.07 Å². The van der Waals surface area contributed by atoms with E-state index in [9.17, 15) is 13.2 Å². The minimum absolute atomic E-state index is 0.244. The molecule has 1 fully saturated rings. The van der Waals surface area contributed by atoms with Gasteiger partial charge >= 0.3 is 6.18 Å². The van der Waals surface area contributed by atoms with E-state index in [2.05, 4.69) is 5.32 Å². The minimum Gasteiger partial charge on any atom is -0.492 e. The van der Waals surface area contributed by atoms with Crippen LogP contribution in [0.15, 0.2) is 24.3 Å². The maximum Gasteiger partial charge on any atom is 0.416 e. The molecule has 1 aliphatic heterocycles. The fraction of sp³-hybridized carbons (Fsp3) is 0.538. The predicted molar refractivity (Wildman–Crippen MR) is 62.6 cm³/mol. The van der Waals surface area contributed by atoms with Crippen molar-refractivity contribution in [2.24, 2.45) is 0 Å². The first kappa shape index (κ1) is 13.2.